The van der Waals surface area contributed by atoms with Gasteiger partial charge in [0.05, 0.1) is 12.2 Å². The molecule has 1 aliphatic heterocycles. The van der Waals surface area contributed by atoms with Crippen molar-refractivity contribution in [2.45, 2.75) is 44.6 Å². The highest BCUT2D eigenvalue weighted by molar-refractivity contribution is 5.78. The summed E-state index contributed by atoms with van der Waals surface area (Å²) in [5, 5.41) is 16.3. The Morgan fingerprint density at radius 1 is 1.07 bits per heavy atom. The summed E-state index contributed by atoms with van der Waals surface area (Å²) in [7, 11) is 3.47. The molecule has 2 aromatic heterocycles. The van der Waals surface area contributed by atoms with E-state index in [9.17, 15) is 14.7 Å². The summed E-state index contributed by atoms with van der Waals surface area (Å²) in [6.45, 7) is 2.36. The van der Waals surface area contributed by atoms with Gasteiger partial charge in [0.1, 0.15) is 24.0 Å². The quantitative estimate of drug-likeness (QED) is 0.261. The monoisotopic (exact) mass is 545 g/mol. The number of aliphatic carboxylic acids is 1. The van der Waals surface area contributed by atoms with Gasteiger partial charge in [0.15, 0.2) is 0 Å². The van der Waals surface area contributed by atoms with Crippen LogP contribution in [0.15, 0.2) is 54.9 Å². The van der Waals surface area contributed by atoms with Gasteiger partial charge in [-0.25, -0.2) is 19.7 Å². The molecule has 0 spiro atoms. The molecule has 4 rings (SSSR count). The van der Waals surface area contributed by atoms with E-state index < -0.39 is 12.0 Å². The normalized spacial score (nSPS) is 13.3. The Labute approximate surface area is 235 Å². The van der Waals surface area contributed by atoms with Crippen molar-refractivity contribution in [3.05, 3.63) is 66.1 Å². The van der Waals surface area contributed by atoms with Crippen LogP contribution in [0, 0.1) is 0 Å². The Hall–Kier alpha value is -4.05. The molecule has 1 atom stereocenters. The predicted molar refractivity (Wildman–Crippen MR) is 156 cm³/mol. The third-order valence-electron chi connectivity index (χ3n) is 7.06. The number of unbranched alkanes of at least 4 members (excludes halogenated alkanes) is 1. The van der Waals surface area contributed by atoms with E-state index in [4.69, 9.17) is 4.98 Å². The fourth-order valence-corrected chi connectivity index (χ4v) is 4.70. The molecule has 1 amide bonds. The number of rotatable bonds is 14. The second-order valence-electron chi connectivity index (χ2n) is 10.3. The molecule has 1 unspecified atom stereocenters. The second-order valence-corrected chi connectivity index (χ2v) is 10.3. The summed E-state index contributed by atoms with van der Waals surface area (Å²) in [6, 6.07) is 14.8. The molecule has 10 nitrogen and oxygen atoms in total. The number of hydrogen-bond donors (Lipinski definition) is 3. The van der Waals surface area contributed by atoms with E-state index in [1.54, 1.807) is 25.1 Å². The van der Waals surface area contributed by atoms with Gasteiger partial charge in [-0.05, 0) is 56.7 Å². The average Bonchev–Trinajstić information content (AvgIpc) is 2.97. The Morgan fingerprint density at radius 3 is 2.67 bits per heavy atom. The largest absolute Gasteiger partial charge is 0.480 e. The average molecular weight is 546 g/mol. The first-order chi connectivity index (χ1) is 19.4. The molecule has 212 valence electrons. The van der Waals surface area contributed by atoms with E-state index in [-0.39, 0.29) is 12.5 Å². The van der Waals surface area contributed by atoms with Gasteiger partial charge in [-0.2, -0.15) is 0 Å². The third kappa shape index (κ3) is 8.47. The highest BCUT2D eigenvalue weighted by Crippen LogP contribution is 2.21. The zero-order chi connectivity index (χ0) is 28.3. The van der Waals surface area contributed by atoms with E-state index in [0.29, 0.717) is 31.0 Å². The Kier molecular flexibility index (Phi) is 10.4. The highest BCUT2D eigenvalue weighted by atomic mass is 16.4. The van der Waals surface area contributed by atoms with Gasteiger partial charge in [-0.3, -0.25) is 9.69 Å². The molecule has 1 aromatic carbocycles. The predicted octanol–water partition coefficient (Wildman–Crippen LogP) is 3.57. The molecular weight excluding hydrogens is 506 g/mol. The number of aromatic nitrogens is 3. The molecule has 3 heterocycles. The van der Waals surface area contributed by atoms with Crippen molar-refractivity contribution in [3.8, 4) is 11.3 Å². The van der Waals surface area contributed by atoms with Crippen molar-refractivity contribution in [3.63, 3.8) is 0 Å². The number of nitrogens with one attached hydrogen (secondary N) is 2. The molecule has 10 heteroatoms. The van der Waals surface area contributed by atoms with Crippen LogP contribution in [0.25, 0.3) is 11.3 Å². The van der Waals surface area contributed by atoms with Crippen LogP contribution in [0.5, 0.6) is 0 Å². The van der Waals surface area contributed by atoms with E-state index in [1.165, 1.54) is 11.9 Å². The Morgan fingerprint density at radius 2 is 1.90 bits per heavy atom. The highest BCUT2D eigenvalue weighted by Gasteiger charge is 2.21. The molecular formula is C30H39N7O3. The van der Waals surface area contributed by atoms with E-state index in [1.807, 2.05) is 35.2 Å². The molecule has 3 aromatic rings. The van der Waals surface area contributed by atoms with E-state index in [2.05, 4.69) is 32.7 Å². The molecule has 0 saturated carbocycles. The number of aryl methyl sites for hydroxylation is 2. The molecule has 0 saturated heterocycles. The molecule has 3 N–H and O–H groups in total. The van der Waals surface area contributed by atoms with Crippen molar-refractivity contribution in [2.75, 3.05) is 50.9 Å². The number of amides is 1. The number of carboxylic acids is 1. The Bertz CT molecular complexity index is 1270. The van der Waals surface area contributed by atoms with Crippen LogP contribution < -0.4 is 10.6 Å². The van der Waals surface area contributed by atoms with Crippen molar-refractivity contribution in [2.24, 2.45) is 0 Å². The SMILES string of the molecule is CN(C)C(=O)CN(CCCCc1ccc2c(n1)NCCC2)CCC(Nc1cc(-c2ccccc2)ncn1)C(=O)O. The van der Waals surface area contributed by atoms with Gasteiger partial charge in [0.25, 0.3) is 0 Å². The van der Waals surface area contributed by atoms with Gasteiger partial charge in [-0.15, -0.1) is 0 Å². The van der Waals surface area contributed by atoms with Gasteiger partial charge in [0.2, 0.25) is 5.91 Å². The summed E-state index contributed by atoms with van der Waals surface area (Å²) in [6.07, 6.45) is 6.63. The summed E-state index contributed by atoms with van der Waals surface area (Å²) < 4.78 is 0. The molecule has 0 fully saturated rings. The number of carboxylic acid groups (broad SMARTS) is 1. The van der Waals surface area contributed by atoms with Gasteiger partial charge in [0, 0.05) is 44.5 Å². The lowest BCUT2D eigenvalue weighted by atomic mass is 10.1. The van der Waals surface area contributed by atoms with E-state index >= 15 is 0 Å². The van der Waals surface area contributed by atoms with Crippen LogP contribution in [0.3, 0.4) is 0 Å². The van der Waals surface area contributed by atoms with Crippen LogP contribution in [0.2, 0.25) is 0 Å². The molecule has 0 radical (unpaired) electrons. The van der Waals surface area contributed by atoms with Gasteiger partial charge < -0.3 is 20.6 Å². The first-order valence-electron chi connectivity index (χ1n) is 13.9. The van der Waals surface area contributed by atoms with Crippen molar-refractivity contribution in [1.82, 2.24) is 24.8 Å². The minimum Gasteiger partial charge on any atom is -0.480 e. The topological polar surface area (TPSA) is 124 Å². The third-order valence-corrected chi connectivity index (χ3v) is 7.06. The number of carbonyl (C=O) groups excluding carboxylic acids is 1. The van der Waals surface area contributed by atoms with Crippen molar-refractivity contribution in [1.29, 1.82) is 0 Å². The lowest BCUT2D eigenvalue weighted by Crippen LogP contribution is -2.40. The number of anilines is 2. The maximum atomic E-state index is 12.5. The molecule has 0 bridgehead atoms. The number of hydrogen-bond acceptors (Lipinski definition) is 8. The van der Waals surface area contributed by atoms with E-state index in [0.717, 1.165) is 55.7 Å². The van der Waals surface area contributed by atoms with Gasteiger partial charge in [-0.1, -0.05) is 36.4 Å². The van der Waals surface area contributed by atoms with Crippen molar-refractivity contribution >= 4 is 23.5 Å². The van der Waals surface area contributed by atoms with Crippen LogP contribution in [0.4, 0.5) is 11.6 Å². The smallest absolute Gasteiger partial charge is 0.326 e. The molecule has 1 aliphatic rings. The second kappa shape index (κ2) is 14.4. The summed E-state index contributed by atoms with van der Waals surface area (Å²) in [5.41, 5.74) is 3.99. The number of carbonyl (C=O) groups is 2. The number of likely N-dealkylation sites (N-methyl/N-ethyl adjacent to an activating group) is 1. The Balaban J connectivity index is 1.33. The summed E-state index contributed by atoms with van der Waals surface area (Å²) in [4.78, 5) is 41.5. The maximum Gasteiger partial charge on any atom is 0.326 e. The fraction of sp³-hybridized carbons (Fsp3) is 0.433. The fourth-order valence-electron chi connectivity index (χ4n) is 4.70. The zero-order valence-corrected chi connectivity index (χ0v) is 23.3. The minimum atomic E-state index is -0.967. The van der Waals surface area contributed by atoms with Gasteiger partial charge >= 0.3 is 5.97 Å². The van der Waals surface area contributed by atoms with Crippen LogP contribution in [-0.4, -0.2) is 88.1 Å². The standard InChI is InChI=1S/C30H39N7O3/c1-36(2)28(38)20-37(17-7-6-12-24-14-13-23-11-8-16-31-29(23)34-24)18-15-25(30(39)40)35-27-19-26(32-21-33-27)22-9-4-3-5-10-22/h3-5,9-10,13-14,19,21,25H,6-8,11-12,15-18,20H2,1-2H3,(H,31,34)(H,39,40)(H,32,33,35). The number of nitrogens with zero attached hydrogens (tertiary/aromatic N) is 5. The first-order valence-corrected chi connectivity index (χ1v) is 13.9. The zero-order valence-electron chi connectivity index (χ0n) is 23.3. The minimum absolute atomic E-state index is 0.00874. The lowest BCUT2D eigenvalue weighted by Gasteiger charge is -2.25. The van der Waals surface area contributed by atoms with Crippen LogP contribution in [-0.2, 0) is 22.4 Å². The summed E-state index contributed by atoms with van der Waals surface area (Å²) in [5.74, 6) is 0.481. The number of benzene rings is 1. The molecule has 40 heavy (non-hydrogen) atoms. The number of pyridine rings is 1. The first kappa shape index (κ1) is 28.9. The maximum absolute atomic E-state index is 12.5. The van der Waals surface area contributed by atoms with Crippen molar-refractivity contribution < 1.29 is 14.7 Å². The number of fused-ring (bicyclic) bond motifs is 1. The van der Waals surface area contributed by atoms with Crippen LogP contribution in [0.1, 0.15) is 36.9 Å². The lowest BCUT2D eigenvalue weighted by molar-refractivity contribution is -0.138. The molecule has 0 aliphatic carbocycles. The van der Waals surface area contributed by atoms with Crippen LogP contribution >= 0.6 is 0 Å². The summed E-state index contributed by atoms with van der Waals surface area (Å²) >= 11 is 0.